The molecule has 0 spiro atoms. The van der Waals surface area contributed by atoms with E-state index >= 15 is 0 Å². The molecule has 0 aliphatic heterocycles. The SMILES string of the molecule is CC=CCn1ccc(C(C)O)c1. The van der Waals surface area contributed by atoms with Crippen molar-refractivity contribution in [3.8, 4) is 0 Å². The van der Waals surface area contributed by atoms with Crippen LogP contribution in [0, 0.1) is 0 Å². The normalized spacial score (nSPS) is 13.9. The molecule has 0 radical (unpaired) electrons. The third kappa shape index (κ3) is 2.24. The van der Waals surface area contributed by atoms with Gasteiger partial charge in [-0.25, -0.2) is 0 Å². The van der Waals surface area contributed by atoms with E-state index in [1.807, 2.05) is 36.0 Å². The number of rotatable bonds is 3. The Morgan fingerprint density at radius 1 is 1.67 bits per heavy atom. The second-order valence-corrected chi connectivity index (χ2v) is 2.89. The first kappa shape index (κ1) is 9.07. The van der Waals surface area contributed by atoms with Gasteiger partial charge in [-0.15, -0.1) is 0 Å². The van der Waals surface area contributed by atoms with E-state index in [2.05, 4.69) is 6.08 Å². The molecule has 1 heterocycles. The molecule has 66 valence electrons. The summed E-state index contributed by atoms with van der Waals surface area (Å²) < 4.78 is 2.04. The van der Waals surface area contributed by atoms with Crippen molar-refractivity contribution in [1.29, 1.82) is 0 Å². The summed E-state index contributed by atoms with van der Waals surface area (Å²) in [5.41, 5.74) is 0.972. The van der Waals surface area contributed by atoms with Gasteiger partial charge in [-0.1, -0.05) is 12.2 Å². The number of aliphatic hydroxyl groups is 1. The van der Waals surface area contributed by atoms with Crippen LogP contribution < -0.4 is 0 Å². The average molecular weight is 165 g/mol. The molecule has 0 amide bonds. The van der Waals surface area contributed by atoms with Gasteiger partial charge in [-0.3, -0.25) is 0 Å². The molecule has 1 aromatic heterocycles. The van der Waals surface area contributed by atoms with Crippen molar-refractivity contribution < 1.29 is 5.11 Å². The highest BCUT2D eigenvalue weighted by Gasteiger charge is 2.00. The molecule has 0 aromatic carbocycles. The van der Waals surface area contributed by atoms with E-state index in [0.29, 0.717) is 0 Å². The highest BCUT2D eigenvalue weighted by molar-refractivity contribution is 5.13. The van der Waals surface area contributed by atoms with Crippen LogP contribution in [0.15, 0.2) is 30.6 Å². The lowest BCUT2D eigenvalue weighted by atomic mass is 10.2. The molecule has 0 aliphatic rings. The van der Waals surface area contributed by atoms with Crippen molar-refractivity contribution in [3.05, 3.63) is 36.2 Å². The summed E-state index contributed by atoms with van der Waals surface area (Å²) in [6.45, 7) is 4.65. The van der Waals surface area contributed by atoms with Crippen molar-refractivity contribution >= 4 is 0 Å². The molecule has 1 N–H and O–H groups in total. The van der Waals surface area contributed by atoms with E-state index in [1.165, 1.54) is 0 Å². The van der Waals surface area contributed by atoms with Crippen molar-refractivity contribution in [2.24, 2.45) is 0 Å². The molecule has 2 nitrogen and oxygen atoms in total. The maximum Gasteiger partial charge on any atom is 0.0776 e. The Labute approximate surface area is 73.1 Å². The lowest BCUT2D eigenvalue weighted by Crippen LogP contribution is -1.91. The maximum absolute atomic E-state index is 9.23. The molecule has 1 atom stereocenters. The van der Waals surface area contributed by atoms with E-state index < -0.39 is 0 Å². The van der Waals surface area contributed by atoms with Crippen LogP contribution in [0.2, 0.25) is 0 Å². The predicted octanol–water partition coefficient (Wildman–Crippen LogP) is 2.12. The number of aliphatic hydroxyl groups excluding tert-OH is 1. The molecule has 0 aliphatic carbocycles. The Hall–Kier alpha value is -1.02. The number of aromatic nitrogens is 1. The molecule has 2 heteroatoms. The van der Waals surface area contributed by atoms with Crippen LogP contribution in [0.1, 0.15) is 25.5 Å². The molecular weight excluding hydrogens is 150 g/mol. The summed E-state index contributed by atoms with van der Waals surface area (Å²) >= 11 is 0. The minimum Gasteiger partial charge on any atom is -0.389 e. The zero-order valence-corrected chi connectivity index (χ0v) is 7.57. The smallest absolute Gasteiger partial charge is 0.0776 e. The van der Waals surface area contributed by atoms with Gasteiger partial charge in [0.25, 0.3) is 0 Å². The van der Waals surface area contributed by atoms with Gasteiger partial charge in [0.05, 0.1) is 6.10 Å². The minimum absolute atomic E-state index is 0.364. The Balaban J connectivity index is 2.64. The first-order valence-corrected chi connectivity index (χ1v) is 4.19. The van der Waals surface area contributed by atoms with Crippen LogP contribution in [-0.4, -0.2) is 9.67 Å². The van der Waals surface area contributed by atoms with E-state index in [0.717, 1.165) is 12.1 Å². The van der Waals surface area contributed by atoms with Gasteiger partial charge < -0.3 is 9.67 Å². The standard InChI is InChI=1S/C10H15NO/c1-3-4-6-11-7-5-10(8-11)9(2)12/h3-5,7-9,12H,6H2,1-2H3. The summed E-state index contributed by atoms with van der Waals surface area (Å²) in [6, 6.07) is 1.94. The maximum atomic E-state index is 9.23. The first-order valence-electron chi connectivity index (χ1n) is 4.19. The van der Waals surface area contributed by atoms with Crippen LogP contribution in [0.5, 0.6) is 0 Å². The number of nitrogens with zero attached hydrogens (tertiary/aromatic N) is 1. The lowest BCUT2D eigenvalue weighted by Gasteiger charge is -1.98. The zero-order valence-electron chi connectivity index (χ0n) is 7.57. The van der Waals surface area contributed by atoms with Gasteiger partial charge in [0.2, 0.25) is 0 Å². The third-order valence-electron chi connectivity index (χ3n) is 1.81. The molecule has 1 unspecified atom stereocenters. The lowest BCUT2D eigenvalue weighted by molar-refractivity contribution is 0.199. The van der Waals surface area contributed by atoms with Gasteiger partial charge in [-0.2, -0.15) is 0 Å². The molecule has 1 rings (SSSR count). The monoisotopic (exact) mass is 165 g/mol. The van der Waals surface area contributed by atoms with Gasteiger partial charge >= 0.3 is 0 Å². The topological polar surface area (TPSA) is 25.2 Å². The number of allylic oxidation sites excluding steroid dienone is 2. The molecule has 12 heavy (non-hydrogen) atoms. The van der Waals surface area contributed by atoms with Crippen LogP contribution in [0.25, 0.3) is 0 Å². The van der Waals surface area contributed by atoms with Gasteiger partial charge in [0.1, 0.15) is 0 Å². The fourth-order valence-corrected chi connectivity index (χ4v) is 1.05. The minimum atomic E-state index is -0.364. The van der Waals surface area contributed by atoms with E-state index in [1.54, 1.807) is 6.92 Å². The van der Waals surface area contributed by atoms with Gasteiger partial charge in [0.15, 0.2) is 0 Å². The second kappa shape index (κ2) is 4.12. The Morgan fingerprint density at radius 2 is 2.42 bits per heavy atom. The van der Waals surface area contributed by atoms with Crippen molar-refractivity contribution in [2.45, 2.75) is 26.5 Å². The van der Waals surface area contributed by atoms with Crippen LogP contribution in [-0.2, 0) is 6.54 Å². The largest absolute Gasteiger partial charge is 0.389 e. The van der Waals surface area contributed by atoms with Crippen LogP contribution in [0.3, 0.4) is 0 Å². The average Bonchev–Trinajstić information content (AvgIpc) is 2.48. The third-order valence-corrected chi connectivity index (χ3v) is 1.81. The first-order chi connectivity index (χ1) is 5.74. The van der Waals surface area contributed by atoms with Crippen molar-refractivity contribution in [1.82, 2.24) is 4.57 Å². The number of hydrogen-bond acceptors (Lipinski definition) is 1. The Bertz CT molecular complexity index is 261. The molecule has 0 fully saturated rings. The zero-order chi connectivity index (χ0) is 8.97. The fraction of sp³-hybridized carbons (Fsp3) is 0.400. The summed E-state index contributed by atoms with van der Waals surface area (Å²) in [4.78, 5) is 0. The molecule has 0 saturated heterocycles. The molecular formula is C10H15NO. The Kier molecular flexibility index (Phi) is 3.11. The van der Waals surface area contributed by atoms with Crippen molar-refractivity contribution in [2.75, 3.05) is 0 Å². The molecule has 0 saturated carbocycles. The summed E-state index contributed by atoms with van der Waals surface area (Å²) in [7, 11) is 0. The van der Waals surface area contributed by atoms with E-state index in [9.17, 15) is 5.11 Å². The molecule has 0 bridgehead atoms. The molecule has 1 aromatic rings. The van der Waals surface area contributed by atoms with Crippen molar-refractivity contribution in [3.63, 3.8) is 0 Å². The summed E-state index contributed by atoms with van der Waals surface area (Å²) in [5.74, 6) is 0. The summed E-state index contributed by atoms with van der Waals surface area (Å²) in [6.07, 6.45) is 7.66. The highest BCUT2D eigenvalue weighted by atomic mass is 16.3. The fourth-order valence-electron chi connectivity index (χ4n) is 1.05. The van der Waals surface area contributed by atoms with E-state index in [4.69, 9.17) is 0 Å². The van der Waals surface area contributed by atoms with E-state index in [-0.39, 0.29) is 6.10 Å². The second-order valence-electron chi connectivity index (χ2n) is 2.89. The predicted molar refractivity (Wildman–Crippen MR) is 49.9 cm³/mol. The van der Waals surface area contributed by atoms with Gasteiger partial charge in [0, 0.05) is 18.9 Å². The van der Waals surface area contributed by atoms with Crippen LogP contribution >= 0.6 is 0 Å². The summed E-state index contributed by atoms with van der Waals surface area (Å²) in [5, 5.41) is 9.23. The highest BCUT2D eigenvalue weighted by Crippen LogP contribution is 2.11. The van der Waals surface area contributed by atoms with Gasteiger partial charge in [-0.05, 0) is 25.5 Å². The Morgan fingerprint density at radius 3 is 2.92 bits per heavy atom. The van der Waals surface area contributed by atoms with Crippen LogP contribution in [0.4, 0.5) is 0 Å². The number of hydrogen-bond donors (Lipinski definition) is 1. The quantitative estimate of drug-likeness (QED) is 0.682.